The van der Waals surface area contributed by atoms with Gasteiger partial charge in [-0.3, -0.25) is 9.59 Å². The van der Waals surface area contributed by atoms with Crippen LogP contribution < -0.4 is 0 Å². The first-order valence-electron chi connectivity index (χ1n) is 10.5. The fourth-order valence-corrected chi connectivity index (χ4v) is 9.32. The second-order valence-electron chi connectivity index (χ2n) is 10.2. The Morgan fingerprint density at radius 2 is 1.74 bits per heavy atom. The lowest BCUT2D eigenvalue weighted by Crippen LogP contribution is -2.50. The van der Waals surface area contributed by atoms with Crippen molar-refractivity contribution in [3.8, 4) is 0 Å². The van der Waals surface area contributed by atoms with E-state index in [1.807, 2.05) is 4.90 Å². The van der Waals surface area contributed by atoms with Crippen LogP contribution in [0, 0.1) is 28.6 Å². The smallest absolute Gasteiger partial charge is 0.241 e. The third-order valence-corrected chi connectivity index (χ3v) is 10.6. The van der Waals surface area contributed by atoms with Crippen LogP contribution in [0.25, 0.3) is 0 Å². The summed E-state index contributed by atoms with van der Waals surface area (Å²) in [4.78, 5) is 27.6. The normalized spacial score (nSPS) is 41.6. The number of amides is 2. The monoisotopic (exact) mass is 394 g/mol. The molecule has 2 heterocycles. The lowest BCUT2D eigenvalue weighted by atomic mass is 9.69. The zero-order valence-electron chi connectivity index (χ0n) is 16.3. The molecule has 5 aliphatic rings. The highest BCUT2D eigenvalue weighted by atomic mass is 32.2. The van der Waals surface area contributed by atoms with E-state index in [1.165, 1.54) is 4.31 Å². The lowest BCUT2D eigenvalue weighted by Gasteiger charge is -2.38. The molecule has 27 heavy (non-hydrogen) atoms. The van der Waals surface area contributed by atoms with E-state index in [9.17, 15) is 18.0 Å². The van der Waals surface area contributed by atoms with E-state index >= 15 is 0 Å². The first kappa shape index (κ1) is 18.0. The third kappa shape index (κ3) is 2.33. The van der Waals surface area contributed by atoms with Gasteiger partial charge in [-0.1, -0.05) is 13.8 Å². The molecule has 0 radical (unpaired) electrons. The van der Waals surface area contributed by atoms with Gasteiger partial charge in [0.05, 0.1) is 17.7 Å². The quantitative estimate of drug-likeness (QED) is 0.718. The Kier molecular flexibility index (Phi) is 3.65. The van der Waals surface area contributed by atoms with Gasteiger partial charge in [0.2, 0.25) is 21.8 Å². The van der Waals surface area contributed by atoms with E-state index in [0.717, 1.165) is 38.5 Å². The molecule has 6 nitrogen and oxygen atoms in total. The largest absolute Gasteiger partial charge is 0.342 e. The zero-order chi connectivity index (χ0) is 19.2. The molecule has 0 aromatic carbocycles. The van der Waals surface area contributed by atoms with Crippen LogP contribution >= 0.6 is 0 Å². The molecule has 2 saturated heterocycles. The van der Waals surface area contributed by atoms with Crippen molar-refractivity contribution in [2.24, 2.45) is 28.6 Å². The summed E-state index contributed by atoms with van der Waals surface area (Å²) in [6, 6.07) is -0.168. The number of rotatable bonds is 2. The van der Waals surface area contributed by atoms with Crippen molar-refractivity contribution in [1.82, 2.24) is 9.21 Å². The van der Waals surface area contributed by atoms with Crippen LogP contribution in [0.3, 0.4) is 0 Å². The maximum Gasteiger partial charge on any atom is 0.241 e. The van der Waals surface area contributed by atoms with Crippen LogP contribution in [0.15, 0.2) is 0 Å². The number of carbonyl (C=O) groups is 2. The van der Waals surface area contributed by atoms with Crippen molar-refractivity contribution in [2.75, 3.05) is 18.8 Å². The van der Waals surface area contributed by atoms with Gasteiger partial charge in [0.1, 0.15) is 0 Å². The van der Waals surface area contributed by atoms with Crippen molar-refractivity contribution in [2.45, 2.75) is 64.8 Å². The predicted octanol–water partition coefficient (Wildman–Crippen LogP) is 2.00. The molecule has 0 N–H and O–H groups in total. The highest BCUT2D eigenvalue weighted by Crippen LogP contribution is 2.70. The molecule has 0 unspecified atom stereocenters. The summed E-state index contributed by atoms with van der Waals surface area (Å²) in [5.74, 6) is 0.324. The molecule has 7 heteroatoms. The summed E-state index contributed by atoms with van der Waals surface area (Å²) < 4.78 is 27.5. The average molecular weight is 395 g/mol. The highest BCUT2D eigenvalue weighted by Gasteiger charge is 2.72. The molecule has 4 atom stereocenters. The fourth-order valence-electron chi connectivity index (χ4n) is 6.73. The molecule has 5 rings (SSSR count). The van der Waals surface area contributed by atoms with Crippen molar-refractivity contribution in [3.63, 3.8) is 0 Å². The Morgan fingerprint density at radius 3 is 2.41 bits per heavy atom. The first-order chi connectivity index (χ1) is 12.7. The van der Waals surface area contributed by atoms with Gasteiger partial charge in [-0.2, -0.15) is 0 Å². The molecule has 3 saturated carbocycles. The van der Waals surface area contributed by atoms with E-state index in [0.29, 0.717) is 25.4 Å². The van der Waals surface area contributed by atoms with Crippen LogP contribution in [0.1, 0.15) is 58.8 Å². The topological polar surface area (TPSA) is 74.8 Å². The van der Waals surface area contributed by atoms with Gasteiger partial charge < -0.3 is 4.90 Å². The molecule has 0 aromatic rings. The van der Waals surface area contributed by atoms with Gasteiger partial charge in [0, 0.05) is 24.4 Å². The maximum atomic E-state index is 13.4. The number of nitrogens with zero attached hydrogens (tertiary/aromatic N) is 2. The minimum absolute atomic E-state index is 0.0275. The molecular formula is C20H30N2O4S. The summed E-state index contributed by atoms with van der Waals surface area (Å²) >= 11 is 0. The van der Waals surface area contributed by atoms with Crippen LogP contribution in [-0.4, -0.2) is 54.3 Å². The number of likely N-dealkylation sites (tertiary alicyclic amines) is 1. The number of hydrogen-bond donors (Lipinski definition) is 0. The lowest BCUT2D eigenvalue weighted by molar-refractivity contribution is -0.140. The Bertz CT molecular complexity index is 803. The van der Waals surface area contributed by atoms with E-state index in [1.54, 1.807) is 0 Å². The second kappa shape index (κ2) is 5.49. The minimum atomic E-state index is -3.57. The molecule has 2 bridgehead atoms. The van der Waals surface area contributed by atoms with Crippen LogP contribution in [-0.2, 0) is 19.6 Å². The maximum absolute atomic E-state index is 13.4. The minimum Gasteiger partial charge on any atom is -0.342 e. The van der Waals surface area contributed by atoms with Gasteiger partial charge in [0.25, 0.3) is 0 Å². The Morgan fingerprint density at radius 1 is 1.00 bits per heavy atom. The molecule has 0 aromatic heterocycles. The van der Waals surface area contributed by atoms with Crippen LogP contribution in [0.2, 0.25) is 0 Å². The van der Waals surface area contributed by atoms with Crippen LogP contribution in [0.4, 0.5) is 0 Å². The molecule has 2 aliphatic heterocycles. The average Bonchev–Trinajstić information content (AvgIpc) is 3.36. The predicted molar refractivity (Wildman–Crippen MR) is 100 cm³/mol. The van der Waals surface area contributed by atoms with E-state index in [-0.39, 0.29) is 46.3 Å². The number of hydrogen-bond acceptors (Lipinski definition) is 4. The zero-order valence-corrected chi connectivity index (χ0v) is 17.1. The van der Waals surface area contributed by atoms with Gasteiger partial charge >= 0.3 is 0 Å². The number of piperidine rings is 1. The van der Waals surface area contributed by atoms with Crippen molar-refractivity contribution < 1.29 is 18.0 Å². The standard InChI is InChI=1S/C20H30N2O4S/c1-19(2)15-7-8-20(19)12-27(25,26)22(16(20)10-15)18(24)14-4-3-9-21(11-14)17(23)13-5-6-13/h13-16H,3-12H2,1-2H3/t14-,15+,16+,20+/m0/s1. The second-order valence-corrected chi connectivity index (χ2v) is 12.0. The Labute approximate surface area is 161 Å². The molecule has 3 aliphatic carbocycles. The van der Waals surface area contributed by atoms with Gasteiger partial charge in [-0.05, 0) is 56.3 Å². The van der Waals surface area contributed by atoms with Crippen LogP contribution in [0.5, 0.6) is 0 Å². The van der Waals surface area contributed by atoms with E-state index in [4.69, 9.17) is 0 Å². The SMILES string of the molecule is CC1(C)[C@@H]2CC[C@]13CS(=O)(=O)N(C(=O)[C@H]1CCCN(C(=O)C4CC4)C1)[C@@H]3C2. The van der Waals surface area contributed by atoms with Crippen molar-refractivity contribution in [3.05, 3.63) is 0 Å². The van der Waals surface area contributed by atoms with Gasteiger partial charge in [-0.25, -0.2) is 12.7 Å². The molecular weight excluding hydrogens is 364 g/mol. The summed E-state index contributed by atoms with van der Waals surface area (Å²) in [6.07, 6.45) is 6.18. The van der Waals surface area contributed by atoms with Crippen molar-refractivity contribution in [1.29, 1.82) is 0 Å². The van der Waals surface area contributed by atoms with Crippen molar-refractivity contribution >= 4 is 21.8 Å². The third-order valence-electron chi connectivity index (χ3n) is 8.64. The summed E-state index contributed by atoms with van der Waals surface area (Å²) in [7, 11) is -3.57. The van der Waals surface area contributed by atoms with E-state index in [2.05, 4.69) is 13.8 Å². The van der Waals surface area contributed by atoms with Gasteiger partial charge in [0.15, 0.2) is 0 Å². The van der Waals surface area contributed by atoms with Gasteiger partial charge in [-0.15, -0.1) is 0 Å². The molecule has 5 fully saturated rings. The Balaban J connectivity index is 1.41. The number of carbonyl (C=O) groups excluding carboxylic acids is 2. The summed E-state index contributed by atoms with van der Waals surface area (Å²) in [5.41, 5.74) is -0.301. The van der Waals surface area contributed by atoms with E-state index < -0.39 is 10.0 Å². The molecule has 150 valence electrons. The summed E-state index contributed by atoms with van der Waals surface area (Å²) in [5, 5.41) is 0. The molecule has 1 spiro atoms. The number of sulfonamides is 1. The number of fused-ring (bicyclic) bond motifs is 1. The fraction of sp³-hybridized carbons (Fsp3) is 0.900. The first-order valence-corrected chi connectivity index (χ1v) is 12.1. The molecule has 2 amide bonds. The highest BCUT2D eigenvalue weighted by molar-refractivity contribution is 7.90. The Hall–Kier alpha value is -1.11. The summed E-state index contributed by atoms with van der Waals surface area (Å²) in [6.45, 7) is 5.50.